The topological polar surface area (TPSA) is 35.6 Å². The first-order chi connectivity index (χ1) is 13.6. The SMILES string of the molecule is CC(C)N(Cc1ccccc1)C(=O)CCNc1ccc(N2CCCCC2)cc1. The fraction of sp³-hybridized carbons (Fsp3) is 0.458. The molecule has 1 fully saturated rings. The number of carbonyl (C=O) groups is 1. The number of amides is 1. The lowest BCUT2D eigenvalue weighted by atomic mass is 10.1. The van der Waals surface area contributed by atoms with Crippen LogP contribution in [-0.4, -0.2) is 36.5 Å². The molecule has 150 valence electrons. The fourth-order valence-corrected chi connectivity index (χ4v) is 3.74. The van der Waals surface area contributed by atoms with Gasteiger partial charge in [0.1, 0.15) is 0 Å². The summed E-state index contributed by atoms with van der Waals surface area (Å²) in [6.45, 7) is 7.80. The third kappa shape index (κ3) is 5.75. The van der Waals surface area contributed by atoms with Gasteiger partial charge in [-0.2, -0.15) is 0 Å². The van der Waals surface area contributed by atoms with Crippen molar-refractivity contribution in [3.63, 3.8) is 0 Å². The molecule has 0 aliphatic carbocycles. The van der Waals surface area contributed by atoms with Crippen LogP contribution in [0, 0.1) is 0 Å². The lowest BCUT2D eigenvalue weighted by Gasteiger charge is -2.29. The number of nitrogens with one attached hydrogen (secondary N) is 1. The van der Waals surface area contributed by atoms with Crippen molar-refractivity contribution < 1.29 is 4.79 Å². The van der Waals surface area contributed by atoms with Crippen molar-refractivity contribution in [3.05, 3.63) is 60.2 Å². The van der Waals surface area contributed by atoms with Crippen molar-refractivity contribution in [2.24, 2.45) is 0 Å². The standard InChI is InChI=1S/C24H33N3O/c1-20(2)27(19-21-9-5-3-6-10-21)24(28)15-16-25-22-11-13-23(14-12-22)26-17-7-4-8-18-26/h3,5-6,9-14,20,25H,4,7-8,15-19H2,1-2H3. The smallest absolute Gasteiger partial charge is 0.224 e. The van der Waals surface area contributed by atoms with Gasteiger partial charge in [0.2, 0.25) is 5.91 Å². The van der Waals surface area contributed by atoms with Crippen LogP contribution in [0.15, 0.2) is 54.6 Å². The molecule has 0 saturated carbocycles. The van der Waals surface area contributed by atoms with Crippen LogP contribution in [0.4, 0.5) is 11.4 Å². The molecular formula is C24H33N3O. The van der Waals surface area contributed by atoms with Crippen molar-refractivity contribution in [1.29, 1.82) is 0 Å². The van der Waals surface area contributed by atoms with Gasteiger partial charge in [0.25, 0.3) is 0 Å². The number of benzene rings is 2. The molecule has 0 aromatic heterocycles. The van der Waals surface area contributed by atoms with E-state index >= 15 is 0 Å². The molecule has 0 atom stereocenters. The zero-order chi connectivity index (χ0) is 19.8. The molecule has 4 nitrogen and oxygen atoms in total. The Morgan fingerprint density at radius 1 is 1.00 bits per heavy atom. The normalized spacial score (nSPS) is 14.2. The van der Waals surface area contributed by atoms with Crippen LogP contribution < -0.4 is 10.2 Å². The lowest BCUT2D eigenvalue weighted by molar-refractivity contribution is -0.133. The largest absolute Gasteiger partial charge is 0.385 e. The summed E-state index contributed by atoms with van der Waals surface area (Å²) in [6, 6.07) is 19.0. The van der Waals surface area contributed by atoms with Crippen molar-refractivity contribution in [1.82, 2.24) is 4.90 Å². The maximum Gasteiger partial charge on any atom is 0.224 e. The molecule has 1 saturated heterocycles. The van der Waals surface area contributed by atoms with Crippen molar-refractivity contribution >= 4 is 17.3 Å². The Hall–Kier alpha value is -2.49. The van der Waals surface area contributed by atoms with E-state index in [9.17, 15) is 4.79 Å². The predicted molar refractivity (Wildman–Crippen MR) is 118 cm³/mol. The first-order valence-corrected chi connectivity index (χ1v) is 10.6. The van der Waals surface area contributed by atoms with Crippen molar-refractivity contribution in [2.75, 3.05) is 29.9 Å². The van der Waals surface area contributed by atoms with E-state index in [-0.39, 0.29) is 11.9 Å². The highest BCUT2D eigenvalue weighted by atomic mass is 16.2. The van der Waals surface area contributed by atoms with Gasteiger partial charge in [-0.25, -0.2) is 0 Å². The summed E-state index contributed by atoms with van der Waals surface area (Å²) < 4.78 is 0. The Bertz CT molecular complexity index is 721. The van der Waals surface area contributed by atoms with Gasteiger partial charge in [-0.3, -0.25) is 4.79 Å². The summed E-state index contributed by atoms with van der Waals surface area (Å²) in [5.41, 5.74) is 3.55. The number of hydrogen-bond donors (Lipinski definition) is 1. The molecule has 1 amide bonds. The summed E-state index contributed by atoms with van der Waals surface area (Å²) >= 11 is 0. The lowest BCUT2D eigenvalue weighted by Crippen LogP contribution is -2.37. The second-order valence-electron chi connectivity index (χ2n) is 7.87. The van der Waals surface area contributed by atoms with Crippen molar-refractivity contribution in [2.45, 2.75) is 52.1 Å². The van der Waals surface area contributed by atoms with Gasteiger partial charge in [0.15, 0.2) is 0 Å². The van der Waals surface area contributed by atoms with E-state index in [1.165, 1.54) is 30.5 Å². The maximum absolute atomic E-state index is 12.7. The van der Waals surface area contributed by atoms with E-state index in [2.05, 4.69) is 60.5 Å². The van der Waals surface area contributed by atoms with E-state index < -0.39 is 0 Å². The van der Waals surface area contributed by atoms with E-state index in [0.717, 1.165) is 18.8 Å². The van der Waals surface area contributed by atoms with Crippen LogP contribution in [0.1, 0.15) is 45.1 Å². The Labute approximate surface area is 169 Å². The minimum atomic E-state index is 0.191. The minimum absolute atomic E-state index is 0.191. The fourth-order valence-electron chi connectivity index (χ4n) is 3.74. The first-order valence-electron chi connectivity index (χ1n) is 10.6. The van der Waals surface area contributed by atoms with Crippen LogP contribution in [0.3, 0.4) is 0 Å². The molecule has 28 heavy (non-hydrogen) atoms. The van der Waals surface area contributed by atoms with Crippen molar-refractivity contribution in [3.8, 4) is 0 Å². The van der Waals surface area contributed by atoms with Gasteiger partial charge in [-0.05, 0) is 62.9 Å². The number of piperidine rings is 1. The number of carbonyl (C=O) groups excluding carboxylic acids is 1. The van der Waals surface area contributed by atoms with Gasteiger partial charge in [0.05, 0.1) is 0 Å². The Balaban J connectivity index is 1.48. The second kappa shape index (κ2) is 10.2. The first kappa shape index (κ1) is 20.2. The second-order valence-corrected chi connectivity index (χ2v) is 7.87. The summed E-state index contributed by atoms with van der Waals surface area (Å²) in [7, 11) is 0. The van der Waals surface area contributed by atoms with E-state index in [1.54, 1.807) is 0 Å². The zero-order valence-electron chi connectivity index (χ0n) is 17.2. The number of hydrogen-bond acceptors (Lipinski definition) is 3. The van der Waals surface area contributed by atoms with Gasteiger partial charge in [-0.1, -0.05) is 30.3 Å². The average molecular weight is 380 g/mol. The Morgan fingerprint density at radius 2 is 1.68 bits per heavy atom. The van der Waals surface area contributed by atoms with Gasteiger partial charge in [0, 0.05) is 50.0 Å². The summed E-state index contributed by atoms with van der Waals surface area (Å²) in [6.07, 6.45) is 4.43. The van der Waals surface area contributed by atoms with E-state index in [4.69, 9.17) is 0 Å². The third-order valence-electron chi connectivity index (χ3n) is 5.40. The quantitative estimate of drug-likeness (QED) is 0.707. The number of rotatable bonds is 8. The average Bonchev–Trinajstić information content (AvgIpc) is 2.73. The van der Waals surface area contributed by atoms with Crippen LogP contribution in [0.5, 0.6) is 0 Å². The zero-order valence-corrected chi connectivity index (χ0v) is 17.2. The van der Waals surface area contributed by atoms with Crippen LogP contribution in [0.25, 0.3) is 0 Å². The van der Waals surface area contributed by atoms with Crippen LogP contribution in [-0.2, 0) is 11.3 Å². The number of anilines is 2. The maximum atomic E-state index is 12.7. The molecule has 0 unspecified atom stereocenters. The monoisotopic (exact) mass is 379 g/mol. The molecule has 1 aliphatic heterocycles. The highest BCUT2D eigenvalue weighted by molar-refractivity contribution is 5.77. The third-order valence-corrected chi connectivity index (χ3v) is 5.40. The molecule has 2 aromatic rings. The Kier molecular flexibility index (Phi) is 7.35. The highest BCUT2D eigenvalue weighted by Gasteiger charge is 2.17. The summed E-state index contributed by atoms with van der Waals surface area (Å²) in [4.78, 5) is 17.1. The summed E-state index contributed by atoms with van der Waals surface area (Å²) in [5.74, 6) is 0.191. The highest BCUT2D eigenvalue weighted by Crippen LogP contribution is 2.21. The summed E-state index contributed by atoms with van der Waals surface area (Å²) in [5, 5.41) is 3.40. The molecule has 0 bridgehead atoms. The molecule has 1 N–H and O–H groups in total. The van der Waals surface area contributed by atoms with Gasteiger partial charge < -0.3 is 15.1 Å². The predicted octanol–water partition coefficient (Wildman–Crippen LogP) is 4.92. The number of nitrogens with zero attached hydrogens (tertiary/aromatic N) is 2. The van der Waals surface area contributed by atoms with E-state index in [1.807, 2.05) is 23.1 Å². The van der Waals surface area contributed by atoms with Gasteiger partial charge >= 0.3 is 0 Å². The molecule has 4 heteroatoms. The van der Waals surface area contributed by atoms with E-state index in [0.29, 0.717) is 19.5 Å². The minimum Gasteiger partial charge on any atom is -0.385 e. The molecular weight excluding hydrogens is 346 g/mol. The van der Waals surface area contributed by atoms with Crippen LogP contribution in [0.2, 0.25) is 0 Å². The van der Waals surface area contributed by atoms with Gasteiger partial charge in [-0.15, -0.1) is 0 Å². The molecule has 0 spiro atoms. The molecule has 0 radical (unpaired) electrons. The molecule has 1 heterocycles. The Morgan fingerprint density at radius 3 is 2.32 bits per heavy atom. The molecule has 3 rings (SSSR count). The molecule has 1 aliphatic rings. The van der Waals surface area contributed by atoms with Crippen LogP contribution >= 0.6 is 0 Å². The molecule has 2 aromatic carbocycles.